The summed E-state index contributed by atoms with van der Waals surface area (Å²) in [5.74, 6) is 3.14. The number of benzene rings is 1. The molecule has 0 unspecified atom stereocenters. The van der Waals surface area contributed by atoms with Gasteiger partial charge in [-0.3, -0.25) is 4.79 Å². The van der Waals surface area contributed by atoms with Crippen molar-refractivity contribution in [2.24, 2.45) is 5.92 Å². The van der Waals surface area contributed by atoms with Crippen molar-refractivity contribution in [2.45, 2.75) is 38.8 Å². The average Bonchev–Trinajstić information content (AvgIpc) is 3.55. The molecule has 7 nitrogen and oxygen atoms in total. The van der Waals surface area contributed by atoms with E-state index in [4.69, 9.17) is 9.47 Å². The fourth-order valence-corrected chi connectivity index (χ4v) is 6.05. The molecule has 3 aliphatic rings. The first-order valence-corrected chi connectivity index (χ1v) is 11.2. The maximum absolute atomic E-state index is 13.3. The Balaban J connectivity index is 1.28. The minimum Gasteiger partial charge on any atom is -0.454 e. The van der Waals surface area contributed by atoms with Gasteiger partial charge in [0, 0.05) is 19.1 Å². The van der Waals surface area contributed by atoms with Crippen molar-refractivity contribution in [2.75, 3.05) is 18.7 Å². The number of anilines is 1. The van der Waals surface area contributed by atoms with Crippen molar-refractivity contribution < 1.29 is 14.3 Å². The second-order valence-electron chi connectivity index (χ2n) is 8.29. The Morgan fingerprint density at radius 2 is 2.17 bits per heavy atom. The zero-order chi connectivity index (χ0) is 20.2. The Morgan fingerprint density at radius 3 is 3.00 bits per heavy atom. The highest BCUT2D eigenvalue weighted by Crippen LogP contribution is 2.41. The number of hydrogen-bond donors (Lipinski definition) is 1. The standard InChI is InChI=1S/C22H22N4O3S/c1-12-18-20(23-8-13-3-5-16-17(7-13)29-11-28-16)24-10-25-21(18)30-19(12)22(27)26-9-14-2-4-15(26)6-14/h3,5,7,10,14-15H,2,4,6,8-9,11H2,1H3,(H,23,24,25)/t14-,15-/m1/s1. The van der Waals surface area contributed by atoms with Gasteiger partial charge in [0.25, 0.3) is 5.91 Å². The summed E-state index contributed by atoms with van der Waals surface area (Å²) in [6, 6.07) is 6.33. The van der Waals surface area contributed by atoms with Gasteiger partial charge in [0.05, 0.1) is 10.3 Å². The van der Waals surface area contributed by atoms with E-state index in [9.17, 15) is 4.79 Å². The molecular weight excluding hydrogens is 400 g/mol. The molecule has 30 heavy (non-hydrogen) atoms. The number of aryl methyl sites for hydroxylation is 1. The Morgan fingerprint density at radius 1 is 1.27 bits per heavy atom. The van der Waals surface area contributed by atoms with Crippen LogP contribution in [0.5, 0.6) is 11.5 Å². The van der Waals surface area contributed by atoms with Gasteiger partial charge in [-0.15, -0.1) is 11.3 Å². The van der Waals surface area contributed by atoms with Gasteiger partial charge >= 0.3 is 0 Å². The van der Waals surface area contributed by atoms with E-state index in [1.807, 2.05) is 25.1 Å². The Bertz CT molecular complexity index is 1160. The van der Waals surface area contributed by atoms with Crippen LogP contribution in [0.25, 0.3) is 10.2 Å². The van der Waals surface area contributed by atoms with Gasteiger partial charge in [-0.1, -0.05) is 6.07 Å². The van der Waals surface area contributed by atoms with E-state index >= 15 is 0 Å². The summed E-state index contributed by atoms with van der Waals surface area (Å²) in [5, 5.41) is 4.36. The minimum absolute atomic E-state index is 0.157. The zero-order valence-electron chi connectivity index (χ0n) is 16.7. The molecule has 3 aromatic rings. The molecular formula is C22H22N4O3S. The van der Waals surface area contributed by atoms with Gasteiger partial charge in [-0.2, -0.15) is 0 Å². The lowest BCUT2D eigenvalue weighted by molar-refractivity contribution is 0.0708. The number of nitrogens with zero attached hydrogens (tertiary/aromatic N) is 3. The summed E-state index contributed by atoms with van der Waals surface area (Å²) in [4.78, 5) is 25.9. The first-order valence-electron chi connectivity index (χ1n) is 10.3. The van der Waals surface area contributed by atoms with Crippen LogP contribution in [-0.4, -0.2) is 40.2 Å². The number of carbonyl (C=O) groups is 1. The molecule has 0 spiro atoms. The summed E-state index contributed by atoms with van der Waals surface area (Å²) in [7, 11) is 0. The molecule has 0 radical (unpaired) electrons. The predicted octanol–water partition coefficient (Wildman–Crippen LogP) is 3.97. The molecule has 2 atom stereocenters. The van der Waals surface area contributed by atoms with Crippen LogP contribution in [0, 0.1) is 12.8 Å². The van der Waals surface area contributed by atoms with E-state index in [1.54, 1.807) is 6.33 Å². The third-order valence-corrected chi connectivity index (χ3v) is 7.68. The fourth-order valence-electron chi connectivity index (χ4n) is 4.95. The highest BCUT2D eigenvalue weighted by Gasteiger charge is 2.41. The lowest BCUT2D eigenvalue weighted by atomic mass is 10.1. The average molecular weight is 423 g/mol. The summed E-state index contributed by atoms with van der Waals surface area (Å²) < 4.78 is 10.8. The van der Waals surface area contributed by atoms with Crippen LogP contribution in [0.1, 0.15) is 40.1 Å². The number of nitrogens with one attached hydrogen (secondary N) is 1. The monoisotopic (exact) mass is 422 g/mol. The molecule has 1 amide bonds. The number of likely N-dealkylation sites (tertiary alicyclic amines) is 1. The smallest absolute Gasteiger partial charge is 0.264 e. The molecule has 1 aromatic carbocycles. The molecule has 2 aromatic heterocycles. The molecule has 1 saturated carbocycles. The van der Waals surface area contributed by atoms with Crippen molar-refractivity contribution in [1.29, 1.82) is 0 Å². The van der Waals surface area contributed by atoms with Crippen molar-refractivity contribution in [3.8, 4) is 11.5 Å². The van der Waals surface area contributed by atoms with E-state index < -0.39 is 0 Å². The van der Waals surface area contributed by atoms with Gasteiger partial charge in [0.1, 0.15) is 17.0 Å². The summed E-state index contributed by atoms with van der Waals surface area (Å²) in [6.07, 6.45) is 5.13. The first kappa shape index (κ1) is 17.9. The van der Waals surface area contributed by atoms with Crippen LogP contribution in [0.2, 0.25) is 0 Å². The number of piperidine rings is 1. The second-order valence-corrected chi connectivity index (χ2v) is 9.29. The maximum atomic E-state index is 13.3. The molecule has 2 bridgehead atoms. The quantitative estimate of drug-likeness (QED) is 0.686. The number of amides is 1. The summed E-state index contributed by atoms with van der Waals surface area (Å²) in [6.45, 7) is 3.77. The van der Waals surface area contributed by atoms with Gasteiger partial charge in [-0.25, -0.2) is 9.97 Å². The highest BCUT2D eigenvalue weighted by molar-refractivity contribution is 7.20. The Hall–Kier alpha value is -2.87. The topological polar surface area (TPSA) is 76.6 Å². The van der Waals surface area contributed by atoms with Gasteiger partial charge in [0.15, 0.2) is 11.5 Å². The molecule has 1 saturated heterocycles. The lowest BCUT2D eigenvalue weighted by Gasteiger charge is -2.26. The van der Waals surface area contributed by atoms with E-state index in [2.05, 4.69) is 20.2 Å². The second kappa shape index (κ2) is 6.84. The number of ether oxygens (including phenoxy) is 2. The van der Waals surface area contributed by atoms with Crippen LogP contribution in [0.15, 0.2) is 24.5 Å². The van der Waals surface area contributed by atoms with Gasteiger partial charge in [-0.05, 0) is 55.4 Å². The molecule has 6 rings (SSSR count). The van der Waals surface area contributed by atoms with E-state index in [-0.39, 0.29) is 12.7 Å². The molecule has 4 heterocycles. The molecule has 1 aliphatic carbocycles. The summed E-state index contributed by atoms with van der Waals surface area (Å²) >= 11 is 1.48. The normalized spacial score (nSPS) is 21.6. The van der Waals surface area contributed by atoms with Gasteiger partial charge < -0.3 is 19.7 Å². The van der Waals surface area contributed by atoms with Crippen molar-refractivity contribution >= 4 is 33.3 Å². The van der Waals surface area contributed by atoms with Crippen LogP contribution < -0.4 is 14.8 Å². The molecule has 2 aliphatic heterocycles. The van der Waals surface area contributed by atoms with Crippen molar-refractivity contribution in [3.05, 3.63) is 40.5 Å². The lowest BCUT2D eigenvalue weighted by Crippen LogP contribution is -2.37. The Labute approximate surface area is 178 Å². The molecule has 2 fully saturated rings. The third-order valence-electron chi connectivity index (χ3n) is 6.49. The number of hydrogen-bond acceptors (Lipinski definition) is 7. The number of aromatic nitrogens is 2. The third kappa shape index (κ3) is 2.81. The zero-order valence-corrected chi connectivity index (χ0v) is 17.5. The van der Waals surface area contributed by atoms with E-state index in [0.29, 0.717) is 18.5 Å². The van der Waals surface area contributed by atoms with Gasteiger partial charge in [0.2, 0.25) is 6.79 Å². The molecule has 8 heteroatoms. The van der Waals surface area contributed by atoms with Crippen LogP contribution in [0.4, 0.5) is 5.82 Å². The summed E-state index contributed by atoms with van der Waals surface area (Å²) in [5.41, 5.74) is 2.04. The molecule has 154 valence electrons. The van der Waals surface area contributed by atoms with Crippen LogP contribution in [-0.2, 0) is 6.54 Å². The highest BCUT2D eigenvalue weighted by atomic mass is 32.1. The van der Waals surface area contributed by atoms with Crippen molar-refractivity contribution in [1.82, 2.24) is 14.9 Å². The van der Waals surface area contributed by atoms with Crippen LogP contribution in [0.3, 0.4) is 0 Å². The minimum atomic E-state index is 0.157. The number of thiophene rings is 1. The molecule has 1 N–H and O–H groups in total. The van der Waals surface area contributed by atoms with Crippen molar-refractivity contribution in [3.63, 3.8) is 0 Å². The SMILES string of the molecule is Cc1c(C(=O)N2C[C@@H]3CC[C@@H]2C3)sc2ncnc(NCc3ccc4c(c3)OCO4)c12. The first-order chi connectivity index (χ1) is 14.7. The largest absolute Gasteiger partial charge is 0.454 e. The number of carbonyl (C=O) groups excluding carboxylic acids is 1. The number of rotatable bonds is 4. The van der Waals surface area contributed by atoms with E-state index in [1.165, 1.54) is 17.8 Å². The fraction of sp³-hybridized carbons (Fsp3) is 0.409. The van der Waals surface area contributed by atoms with E-state index in [0.717, 1.165) is 62.9 Å². The predicted molar refractivity (Wildman–Crippen MR) is 114 cm³/mol. The Kier molecular flexibility index (Phi) is 4.09. The number of fused-ring (bicyclic) bond motifs is 4. The maximum Gasteiger partial charge on any atom is 0.264 e. The van der Waals surface area contributed by atoms with Crippen LogP contribution >= 0.6 is 11.3 Å².